The number of benzene rings is 1. The van der Waals surface area contributed by atoms with Crippen LogP contribution in [0, 0.1) is 0 Å². The van der Waals surface area contributed by atoms with Crippen LogP contribution in [0.4, 0.5) is 0 Å². The quantitative estimate of drug-likeness (QED) is 0.792. The number of hydrogen-bond donors (Lipinski definition) is 0. The lowest BCUT2D eigenvalue weighted by Gasteiger charge is -2.25. The van der Waals surface area contributed by atoms with Gasteiger partial charge in [-0.2, -0.15) is 0 Å². The van der Waals surface area contributed by atoms with Crippen LogP contribution in [0.5, 0.6) is 11.5 Å². The average molecular weight is 333 g/mol. The van der Waals surface area contributed by atoms with Gasteiger partial charge in [-0.1, -0.05) is 23.9 Å². The maximum Gasteiger partial charge on any atom is 0.319 e. The van der Waals surface area contributed by atoms with Crippen LogP contribution in [0.15, 0.2) is 29.4 Å². The first-order valence-corrected chi connectivity index (χ1v) is 8.21. The molecule has 0 bridgehead atoms. The summed E-state index contributed by atoms with van der Waals surface area (Å²) >= 11 is 1.37. The Morgan fingerprint density at radius 1 is 1.22 bits per heavy atom. The maximum atomic E-state index is 11.6. The Morgan fingerprint density at radius 2 is 2.04 bits per heavy atom. The summed E-state index contributed by atoms with van der Waals surface area (Å²) in [6.45, 7) is 0.844. The van der Waals surface area contributed by atoms with Crippen LogP contribution in [0.2, 0.25) is 0 Å². The number of esters is 1. The number of rotatable bonds is 3. The van der Waals surface area contributed by atoms with Crippen LogP contribution < -0.4 is 9.47 Å². The van der Waals surface area contributed by atoms with E-state index in [1.165, 1.54) is 11.8 Å². The minimum Gasteiger partial charge on any atom is -0.485 e. The van der Waals surface area contributed by atoms with Gasteiger partial charge in [-0.3, -0.25) is 4.79 Å². The van der Waals surface area contributed by atoms with E-state index < -0.39 is 0 Å². The number of hydrogen-bond acceptors (Lipinski definition) is 7. The number of ether oxygens (including phenoxy) is 3. The van der Waals surface area contributed by atoms with Gasteiger partial charge in [0.05, 0.1) is 6.61 Å². The van der Waals surface area contributed by atoms with Gasteiger partial charge in [0.25, 0.3) is 0 Å². The third-order valence-electron chi connectivity index (χ3n) is 3.80. The van der Waals surface area contributed by atoms with E-state index in [0.717, 1.165) is 5.75 Å². The van der Waals surface area contributed by atoms with Crippen molar-refractivity contribution in [1.82, 2.24) is 14.8 Å². The lowest BCUT2D eigenvalue weighted by Crippen LogP contribution is -2.24. The van der Waals surface area contributed by atoms with Gasteiger partial charge in [0.15, 0.2) is 28.6 Å². The first-order valence-electron chi connectivity index (χ1n) is 7.33. The highest BCUT2D eigenvalue weighted by Crippen LogP contribution is 2.36. The Hall–Kier alpha value is -2.22. The summed E-state index contributed by atoms with van der Waals surface area (Å²) in [5.74, 6) is 1.91. The summed E-state index contributed by atoms with van der Waals surface area (Å²) in [5.41, 5.74) is 0. The van der Waals surface area contributed by atoms with Crippen molar-refractivity contribution in [2.45, 2.75) is 22.9 Å². The molecule has 2 aliphatic heterocycles. The van der Waals surface area contributed by atoms with E-state index in [-0.39, 0.29) is 17.3 Å². The summed E-state index contributed by atoms with van der Waals surface area (Å²) in [6.07, 6.45) is 0.370. The molecule has 1 saturated heterocycles. The largest absolute Gasteiger partial charge is 0.485 e. The number of fused-ring (bicyclic) bond motifs is 1. The average Bonchev–Trinajstić information content (AvgIpc) is 3.14. The summed E-state index contributed by atoms with van der Waals surface area (Å²) in [7, 11) is 1.86. The molecule has 7 nitrogen and oxygen atoms in total. The fourth-order valence-electron chi connectivity index (χ4n) is 2.57. The van der Waals surface area contributed by atoms with E-state index in [2.05, 4.69) is 10.2 Å². The lowest BCUT2D eigenvalue weighted by molar-refractivity contribution is -0.137. The minimum atomic E-state index is -0.327. The third kappa shape index (κ3) is 2.63. The Balaban J connectivity index is 1.53. The van der Waals surface area contributed by atoms with Crippen molar-refractivity contribution in [3.63, 3.8) is 0 Å². The minimum absolute atomic E-state index is 0.189. The summed E-state index contributed by atoms with van der Waals surface area (Å²) in [4.78, 5) is 11.6. The molecule has 0 saturated carbocycles. The van der Waals surface area contributed by atoms with Gasteiger partial charge in [-0.25, -0.2) is 0 Å². The number of thioether (sulfide) groups is 1. The van der Waals surface area contributed by atoms with Gasteiger partial charge >= 0.3 is 5.97 Å². The van der Waals surface area contributed by atoms with Crippen LogP contribution in [-0.4, -0.2) is 39.2 Å². The Morgan fingerprint density at radius 3 is 2.83 bits per heavy atom. The predicted molar refractivity (Wildman–Crippen MR) is 81.5 cm³/mol. The van der Waals surface area contributed by atoms with Crippen LogP contribution in [-0.2, 0) is 16.6 Å². The van der Waals surface area contributed by atoms with Crippen LogP contribution in [0.25, 0.3) is 0 Å². The van der Waals surface area contributed by atoms with Gasteiger partial charge in [0, 0.05) is 13.5 Å². The Kier molecular flexibility index (Phi) is 3.60. The molecule has 0 unspecified atom stereocenters. The predicted octanol–water partition coefficient (Wildman–Crippen LogP) is 1.74. The summed E-state index contributed by atoms with van der Waals surface area (Å²) in [6, 6.07) is 7.53. The van der Waals surface area contributed by atoms with Crippen LogP contribution >= 0.6 is 11.8 Å². The Bertz CT molecular complexity index is 748. The van der Waals surface area contributed by atoms with Gasteiger partial charge in [-0.15, -0.1) is 10.2 Å². The second-order valence-corrected chi connectivity index (χ2v) is 6.50. The van der Waals surface area contributed by atoms with Crippen molar-refractivity contribution in [1.29, 1.82) is 0 Å². The van der Waals surface area contributed by atoms with Crippen molar-refractivity contribution in [3.05, 3.63) is 30.1 Å². The maximum absolute atomic E-state index is 11.6. The SMILES string of the molecule is Cn1c(S[C@H]2CCOC2=O)nnc1[C@@H]1COc2ccccc2O1. The smallest absolute Gasteiger partial charge is 0.319 e. The second-order valence-electron chi connectivity index (χ2n) is 5.33. The highest BCUT2D eigenvalue weighted by atomic mass is 32.2. The molecule has 0 radical (unpaired) electrons. The highest BCUT2D eigenvalue weighted by Gasteiger charge is 2.31. The van der Waals surface area contributed by atoms with Crippen LogP contribution in [0.3, 0.4) is 0 Å². The van der Waals surface area contributed by atoms with Gasteiger partial charge in [0.2, 0.25) is 0 Å². The fraction of sp³-hybridized carbons (Fsp3) is 0.400. The molecule has 1 aromatic carbocycles. The normalized spacial score (nSPS) is 22.9. The molecule has 0 N–H and O–H groups in total. The van der Waals surface area contributed by atoms with Crippen molar-refractivity contribution < 1.29 is 19.0 Å². The monoisotopic (exact) mass is 333 g/mol. The second kappa shape index (κ2) is 5.77. The number of carbonyl (C=O) groups is 1. The molecule has 0 amide bonds. The van der Waals surface area contributed by atoms with E-state index in [4.69, 9.17) is 14.2 Å². The number of nitrogens with zero attached hydrogens (tertiary/aromatic N) is 3. The molecule has 120 valence electrons. The standard InChI is InChI=1S/C15H15N3O4S/c1-18-13(11-8-21-9-4-2-3-5-10(9)22-11)16-17-15(18)23-12-6-7-20-14(12)19/h2-5,11-12H,6-8H2,1H3/t11-,12-/m0/s1. The number of carbonyl (C=O) groups excluding carboxylic acids is 1. The van der Waals surface area contributed by atoms with Crippen molar-refractivity contribution in [3.8, 4) is 11.5 Å². The molecule has 4 rings (SSSR count). The van der Waals surface area contributed by atoms with E-state index in [1.54, 1.807) is 0 Å². The van der Waals surface area contributed by atoms with Crippen LogP contribution in [0.1, 0.15) is 18.3 Å². The fourth-order valence-corrected chi connectivity index (χ4v) is 3.54. The van der Waals surface area contributed by atoms with E-state index in [0.29, 0.717) is 36.4 Å². The van der Waals surface area contributed by atoms with Gasteiger partial charge in [-0.05, 0) is 12.1 Å². The molecule has 0 spiro atoms. The van der Waals surface area contributed by atoms with Crippen molar-refractivity contribution in [2.75, 3.05) is 13.2 Å². The first kappa shape index (κ1) is 14.4. The molecule has 0 aliphatic carbocycles. The molecule has 23 heavy (non-hydrogen) atoms. The molecular weight excluding hydrogens is 318 g/mol. The zero-order valence-electron chi connectivity index (χ0n) is 12.5. The van der Waals surface area contributed by atoms with Crippen molar-refractivity contribution in [2.24, 2.45) is 7.05 Å². The number of cyclic esters (lactones) is 1. The molecule has 2 aromatic rings. The number of aromatic nitrogens is 3. The zero-order valence-corrected chi connectivity index (χ0v) is 13.3. The molecular formula is C15H15N3O4S. The first-order chi connectivity index (χ1) is 11.2. The molecule has 8 heteroatoms. The molecule has 2 aliphatic rings. The summed E-state index contributed by atoms with van der Waals surface area (Å²) < 4.78 is 18.5. The highest BCUT2D eigenvalue weighted by molar-refractivity contribution is 8.00. The lowest BCUT2D eigenvalue weighted by atomic mass is 10.2. The summed E-state index contributed by atoms with van der Waals surface area (Å²) in [5, 5.41) is 8.85. The molecule has 2 atom stereocenters. The van der Waals surface area contributed by atoms with Gasteiger partial charge < -0.3 is 18.8 Å². The molecule has 1 aromatic heterocycles. The van der Waals surface area contributed by atoms with E-state index in [9.17, 15) is 4.79 Å². The Labute approximate surface area is 136 Å². The van der Waals surface area contributed by atoms with Gasteiger partial charge in [0.1, 0.15) is 11.9 Å². The molecule has 1 fully saturated rings. The van der Waals surface area contributed by atoms with E-state index >= 15 is 0 Å². The molecule has 3 heterocycles. The zero-order chi connectivity index (χ0) is 15.8. The van der Waals surface area contributed by atoms with Crippen molar-refractivity contribution >= 4 is 17.7 Å². The number of para-hydroxylation sites is 2. The third-order valence-corrected chi connectivity index (χ3v) is 5.08. The topological polar surface area (TPSA) is 75.5 Å². The van der Waals surface area contributed by atoms with E-state index in [1.807, 2.05) is 35.9 Å².